The van der Waals surface area contributed by atoms with Crippen molar-refractivity contribution in [3.63, 3.8) is 0 Å². The lowest BCUT2D eigenvalue weighted by atomic mass is 9.87. The zero-order chi connectivity index (χ0) is 23.6. The van der Waals surface area contributed by atoms with Gasteiger partial charge in [0.15, 0.2) is 11.5 Å². The molecule has 0 N–H and O–H groups in total. The Labute approximate surface area is 194 Å². The minimum atomic E-state index is -0.0852. The Kier molecular flexibility index (Phi) is 6.40. The van der Waals surface area contributed by atoms with Crippen LogP contribution in [0.3, 0.4) is 0 Å². The van der Waals surface area contributed by atoms with E-state index < -0.39 is 0 Å². The molecule has 4 rings (SSSR count). The molecule has 1 aliphatic heterocycles. The van der Waals surface area contributed by atoms with Crippen LogP contribution in [0.1, 0.15) is 50.1 Å². The number of hydrogen-bond donors (Lipinski definition) is 0. The number of methoxy groups -OCH3 is 2. The molecule has 1 aliphatic rings. The molecule has 0 radical (unpaired) electrons. The Balaban J connectivity index is 1.39. The summed E-state index contributed by atoms with van der Waals surface area (Å²) >= 11 is 0. The van der Waals surface area contributed by atoms with Crippen molar-refractivity contribution in [1.82, 2.24) is 15.0 Å². The van der Waals surface area contributed by atoms with E-state index >= 15 is 0 Å². The molecule has 2 aromatic carbocycles. The molecule has 1 amide bonds. The van der Waals surface area contributed by atoms with Crippen LogP contribution in [-0.4, -0.2) is 48.3 Å². The number of carbonyl (C=O) groups excluding carboxylic acids is 1. The molecular weight excluding hydrogens is 418 g/mol. The highest BCUT2D eigenvalue weighted by atomic mass is 16.5. The summed E-state index contributed by atoms with van der Waals surface area (Å²) in [5, 5.41) is 4.16. The van der Waals surface area contributed by atoms with Crippen LogP contribution in [0.15, 0.2) is 47.0 Å². The molecule has 1 fully saturated rings. The van der Waals surface area contributed by atoms with Gasteiger partial charge in [0, 0.05) is 25.1 Å². The molecule has 3 aromatic rings. The Bertz CT molecular complexity index is 1120. The minimum Gasteiger partial charge on any atom is -0.493 e. The zero-order valence-corrected chi connectivity index (χ0v) is 19.9. The van der Waals surface area contributed by atoms with Crippen molar-refractivity contribution < 1.29 is 18.8 Å². The van der Waals surface area contributed by atoms with Gasteiger partial charge in [-0.05, 0) is 35.1 Å². The SMILES string of the molecule is COc1ccc(CCN2CC(c3nc(-c4ccc(C(C)(C)C)cc4)no3)CC2=O)cc1OC. The number of nitrogens with zero attached hydrogens (tertiary/aromatic N) is 3. The maximum atomic E-state index is 12.6. The van der Waals surface area contributed by atoms with Crippen molar-refractivity contribution in [3.05, 3.63) is 59.5 Å². The van der Waals surface area contributed by atoms with Crippen molar-refractivity contribution in [3.8, 4) is 22.9 Å². The van der Waals surface area contributed by atoms with Gasteiger partial charge in [-0.2, -0.15) is 4.98 Å². The van der Waals surface area contributed by atoms with Crippen LogP contribution in [0.5, 0.6) is 11.5 Å². The van der Waals surface area contributed by atoms with E-state index in [-0.39, 0.29) is 17.2 Å². The standard InChI is InChI=1S/C26H31N3O4/c1-26(2,3)20-9-7-18(8-10-20)24-27-25(33-28-24)19-15-23(30)29(16-19)13-12-17-6-11-21(31-4)22(14-17)32-5/h6-11,14,19H,12-13,15-16H2,1-5H3. The molecular formula is C26H31N3O4. The summed E-state index contributed by atoms with van der Waals surface area (Å²) in [4.78, 5) is 19.1. The maximum Gasteiger partial charge on any atom is 0.232 e. The number of rotatable bonds is 7. The summed E-state index contributed by atoms with van der Waals surface area (Å²) in [6, 6.07) is 14.1. The molecule has 33 heavy (non-hydrogen) atoms. The fraction of sp³-hybridized carbons (Fsp3) is 0.423. The summed E-state index contributed by atoms with van der Waals surface area (Å²) in [6.45, 7) is 7.75. The molecule has 1 atom stereocenters. The highest BCUT2D eigenvalue weighted by molar-refractivity contribution is 5.79. The van der Waals surface area contributed by atoms with E-state index in [9.17, 15) is 4.79 Å². The molecule has 7 heteroatoms. The van der Waals surface area contributed by atoms with Crippen LogP contribution >= 0.6 is 0 Å². The smallest absolute Gasteiger partial charge is 0.232 e. The Morgan fingerprint density at radius 2 is 1.79 bits per heavy atom. The second-order valence-electron chi connectivity index (χ2n) is 9.46. The van der Waals surface area contributed by atoms with Gasteiger partial charge >= 0.3 is 0 Å². The molecule has 1 unspecified atom stereocenters. The summed E-state index contributed by atoms with van der Waals surface area (Å²) in [7, 11) is 3.23. The third-order valence-corrected chi connectivity index (χ3v) is 6.13. The quantitative estimate of drug-likeness (QED) is 0.524. The largest absolute Gasteiger partial charge is 0.493 e. The van der Waals surface area contributed by atoms with Crippen molar-refractivity contribution in [2.75, 3.05) is 27.3 Å². The second kappa shape index (κ2) is 9.25. The molecule has 1 saturated heterocycles. The molecule has 7 nitrogen and oxygen atoms in total. The first-order valence-electron chi connectivity index (χ1n) is 11.2. The van der Waals surface area contributed by atoms with Gasteiger partial charge in [-0.15, -0.1) is 0 Å². The fourth-order valence-electron chi connectivity index (χ4n) is 4.09. The molecule has 0 saturated carbocycles. The van der Waals surface area contributed by atoms with Crippen LogP contribution in [-0.2, 0) is 16.6 Å². The summed E-state index contributed by atoms with van der Waals surface area (Å²) in [6.07, 6.45) is 1.12. The van der Waals surface area contributed by atoms with Gasteiger partial charge in [-0.1, -0.05) is 56.3 Å². The first-order valence-corrected chi connectivity index (χ1v) is 11.2. The van der Waals surface area contributed by atoms with Crippen molar-refractivity contribution in [2.24, 2.45) is 0 Å². The van der Waals surface area contributed by atoms with Gasteiger partial charge in [0.05, 0.1) is 20.1 Å². The summed E-state index contributed by atoms with van der Waals surface area (Å²) in [5.74, 6) is 2.48. The van der Waals surface area contributed by atoms with Crippen molar-refractivity contribution in [1.29, 1.82) is 0 Å². The van der Waals surface area contributed by atoms with E-state index in [0.717, 1.165) is 17.5 Å². The first kappa shape index (κ1) is 22.8. The lowest BCUT2D eigenvalue weighted by molar-refractivity contribution is -0.127. The normalized spacial score (nSPS) is 16.3. The van der Waals surface area contributed by atoms with Gasteiger partial charge < -0.3 is 18.9 Å². The van der Waals surface area contributed by atoms with Crippen LogP contribution in [0, 0.1) is 0 Å². The predicted octanol–water partition coefficient (Wildman–Crippen LogP) is 4.61. The molecule has 0 spiro atoms. The highest BCUT2D eigenvalue weighted by Gasteiger charge is 2.34. The molecule has 0 aliphatic carbocycles. The number of ether oxygens (including phenoxy) is 2. The first-order chi connectivity index (χ1) is 15.8. The monoisotopic (exact) mass is 449 g/mol. The third kappa shape index (κ3) is 5.02. The van der Waals surface area contributed by atoms with E-state index in [0.29, 0.717) is 42.7 Å². The van der Waals surface area contributed by atoms with Gasteiger partial charge in [0.1, 0.15) is 0 Å². The van der Waals surface area contributed by atoms with Crippen LogP contribution in [0.2, 0.25) is 0 Å². The number of benzene rings is 2. The van der Waals surface area contributed by atoms with Crippen LogP contribution in [0.25, 0.3) is 11.4 Å². The van der Waals surface area contributed by atoms with E-state index in [1.807, 2.05) is 35.2 Å². The van der Waals surface area contributed by atoms with Gasteiger partial charge in [-0.25, -0.2) is 0 Å². The minimum absolute atomic E-state index is 0.0852. The number of aromatic nitrogens is 2. The van der Waals surface area contributed by atoms with Crippen LogP contribution in [0.4, 0.5) is 0 Å². The summed E-state index contributed by atoms with van der Waals surface area (Å²) in [5.41, 5.74) is 3.34. The summed E-state index contributed by atoms with van der Waals surface area (Å²) < 4.78 is 16.2. The van der Waals surface area contributed by atoms with Gasteiger partial charge in [-0.3, -0.25) is 4.79 Å². The Morgan fingerprint density at radius 1 is 1.06 bits per heavy atom. The van der Waals surface area contributed by atoms with E-state index in [1.54, 1.807) is 14.2 Å². The van der Waals surface area contributed by atoms with E-state index in [1.165, 1.54) is 5.56 Å². The van der Waals surface area contributed by atoms with Gasteiger partial charge in [0.25, 0.3) is 0 Å². The second-order valence-corrected chi connectivity index (χ2v) is 9.46. The lowest BCUT2D eigenvalue weighted by Crippen LogP contribution is -2.27. The number of hydrogen-bond acceptors (Lipinski definition) is 6. The topological polar surface area (TPSA) is 77.7 Å². The number of likely N-dealkylation sites (tertiary alicyclic amines) is 1. The average molecular weight is 450 g/mol. The van der Waals surface area contributed by atoms with Crippen molar-refractivity contribution in [2.45, 2.75) is 44.9 Å². The zero-order valence-electron chi connectivity index (χ0n) is 19.9. The van der Waals surface area contributed by atoms with E-state index in [4.69, 9.17) is 14.0 Å². The molecule has 0 bridgehead atoms. The highest BCUT2D eigenvalue weighted by Crippen LogP contribution is 2.31. The molecule has 2 heterocycles. The average Bonchev–Trinajstić information content (AvgIpc) is 3.44. The maximum absolute atomic E-state index is 12.6. The molecule has 174 valence electrons. The predicted molar refractivity (Wildman–Crippen MR) is 126 cm³/mol. The van der Waals surface area contributed by atoms with Crippen LogP contribution < -0.4 is 9.47 Å². The van der Waals surface area contributed by atoms with Crippen molar-refractivity contribution >= 4 is 5.91 Å². The molecule has 1 aromatic heterocycles. The van der Waals surface area contributed by atoms with Gasteiger partial charge in [0.2, 0.25) is 17.6 Å². The lowest BCUT2D eigenvalue weighted by Gasteiger charge is -2.18. The van der Waals surface area contributed by atoms with E-state index in [2.05, 4.69) is 43.0 Å². The third-order valence-electron chi connectivity index (χ3n) is 6.13. The fourth-order valence-corrected chi connectivity index (χ4v) is 4.09. The Morgan fingerprint density at radius 3 is 2.45 bits per heavy atom. The number of amides is 1. The number of carbonyl (C=O) groups is 1. The Hall–Kier alpha value is -3.35.